The third-order valence-electron chi connectivity index (χ3n) is 8.60. The van der Waals surface area contributed by atoms with Gasteiger partial charge in [-0.2, -0.15) is 54.8 Å². The fourth-order valence-electron chi connectivity index (χ4n) is 6.36. The van der Waals surface area contributed by atoms with E-state index in [0.29, 0.717) is 11.8 Å². The monoisotopic (exact) mass is 792 g/mol. The van der Waals surface area contributed by atoms with Crippen LogP contribution < -0.4 is 9.80 Å². The first-order chi connectivity index (χ1) is 22.4. The molecule has 0 aliphatic carbocycles. The molecule has 47 heavy (non-hydrogen) atoms. The molecule has 5 heteroatoms. The molecular formula is C42H37IrN3O-4. The summed E-state index contributed by atoms with van der Waals surface area (Å²) in [4.78, 5) is 4.25. The van der Waals surface area contributed by atoms with Crippen LogP contribution >= 0.6 is 0 Å². The zero-order chi connectivity index (χ0) is 31.8. The summed E-state index contributed by atoms with van der Waals surface area (Å²) in [7, 11) is 2.05. The summed E-state index contributed by atoms with van der Waals surface area (Å²) in [6, 6.07) is 47.3. The van der Waals surface area contributed by atoms with E-state index in [0.717, 1.165) is 44.6 Å². The molecule has 0 amide bonds. The second-order valence-corrected chi connectivity index (χ2v) is 12.3. The Balaban J connectivity index is 0.000000161. The summed E-state index contributed by atoms with van der Waals surface area (Å²) in [6.07, 6.45) is 2.11. The fraction of sp³-hybridized carbons (Fsp3) is 0.167. The molecule has 0 fully saturated rings. The van der Waals surface area contributed by atoms with E-state index in [9.17, 15) is 0 Å². The number of furan rings is 1. The number of hydrogen-bond donors (Lipinski definition) is 0. The number of aromatic nitrogens is 1. The molecule has 0 saturated carbocycles. The Bertz CT molecular complexity index is 2100. The van der Waals surface area contributed by atoms with Gasteiger partial charge >= 0.3 is 0 Å². The molecule has 1 radical (unpaired) electrons. The quantitative estimate of drug-likeness (QED) is 0.162. The van der Waals surface area contributed by atoms with Gasteiger partial charge in [0.1, 0.15) is 5.58 Å². The Kier molecular flexibility index (Phi) is 9.40. The number of anilines is 3. The summed E-state index contributed by atoms with van der Waals surface area (Å²) in [6.45, 7) is 11.1. The van der Waals surface area contributed by atoms with Gasteiger partial charge in [-0.1, -0.05) is 93.5 Å². The van der Waals surface area contributed by atoms with Crippen molar-refractivity contribution in [1.29, 1.82) is 0 Å². The van der Waals surface area contributed by atoms with Crippen LogP contribution in [0.5, 0.6) is 0 Å². The first-order valence-corrected chi connectivity index (χ1v) is 15.9. The standard InChI is InChI=1S/C22H23N.C20H14N2O.Ir/c1-16(2)19-12-8-13-20(17(3)4)22(19)23-15-9-14-21(23)18-10-6-5-7-11-18;1-21-13-22(17-10-4-3-9-16(17)21)18-11-6-8-15-14-7-2-5-12-19(14)23-20(15)18;/h5-10,12-13,15-17H,1-4H3;2-10,12-13H,1H3;/q2*-2;. The van der Waals surface area contributed by atoms with E-state index in [-0.39, 0.29) is 20.1 Å². The minimum atomic E-state index is 0. The van der Waals surface area contributed by atoms with Gasteiger partial charge in [0.05, 0.1) is 0 Å². The summed E-state index contributed by atoms with van der Waals surface area (Å²) in [5.41, 5.74) is 11.2. The molecule has 0 N–H and O–H groups in total. The molecule has 3 heterocycles. The summed E-state index contributed by atoms with van der Waals surface area (Å²) in [5, 5.41) is 2.26. The molecule has 5 aromatic carbocycles. The van der Waals surface area contributed by atoms with Gasteiger partial charge in [-0.05, 0) is 48.2 Å². The van der Waals surface area contributed by atoms with E-state index in [2.05, 4.69) is 147 Å². The largest absolute Gasteiger partial charge is 0.514 e. The van der Waals surface area contributed by atoms with Gasteiger partial charge in [-0.3, -0.25) is 0 Å². The van der Waals surface area contributed by atoms with Crippen LogP contribution in [0.2, 0.25) is 0 Å². The predicted octanol–water partition coefficient (Wildman–Crippen LogP) is 11.1. The van der Waals surface area contributed by atoms with E-state index < -0.39 is 0 Å². The Morgan fingerprint density at radius 3 is 2.09 bits per heavy atom. The third kappa shape index (κ3) is 6.02. The van der Waals surface area contributed by atoms with E-state index in [1.807, 2.05) is 42.5 Å². The van der Waals surface area contributed by atoms with Crippen molar-refractivity contribution in [2.75, 3.05) is 16.8 Å². The maximum absolute atomic E-state index is 6.13. The van der Waals surface area contributed by atoms with Crippen LogP contribution in [0.4, 0.5) is 17.1 Å². The molecule has 0 atom stereocenters. The molecular weight excluding hydrogens is 755 g/mol. The third-order valence-corrected chi connectivity index (χ3v) is 8.60. The zero-order valence-corrected chi connectivity index (χ0v) is 29.7. The zero-order valence-electron chi connectivity index (χ0n) is 27.3. The summed E-state index contributed by atoms with van der Waals surface area (Å²) in [5.74, 6) is 0.942. The Hall–Kier alpha value is -4.57. The average Bonchev–Trinajstić information content (AvgIpc) is 3.81. The van der Waals surface area contributed by atoms with E-state index in [4.69, 9.17) is 4.42 Å². The first-order valence-electron chi connectivity index (χ1n) is 15.9. The van der Waals surface area contributed by atoms with Crippen LogP contribution in [0, 0.1) is 24.9 Å². The van der Waals surface area contributed by atoms with Crippen molar-refractivity contribution >= 4 is 39.0 Å². The molecule has 7 aromatic rings. The van der Waals surface area contributed by atoms with Gasteiger partial charge in [-0.25, -0.2) is 17.7 Å². The molecule has 1 aliphatic rings. The van der Waals surface area contributed by atoms with Crippen LogP contribution in [0.25, 0.3) is 38.9 Å². The van der Waals surface area contributed by atoms with Crippen molar-refractivity contribution in [3.63, 3.8) is 0 Å². The second kappa shape index (κ2) is 13.7. The van der Waals surface area contributed by atoms with Crippen LogP contribution in [-0.2, 0) is 20.1 Å². The number of rotatable bonds is 5. The topological polar surface area (TPSA) is 24.6 Å². The minimum absolute atomic E-state index is 0. The van der Waals surface area contributed by atoms with Crippen molar-refractivity contribution in [3.8, 4) is 16.9 Å². The average molecular weight is 792 g/mol. The number of fused-ring (bicyclic) bond motifs is 4. The minimum Gasteiger partial charge on any atom is -0.514 e. The van der Waals surface area contributed by atoms with Crippen molar-refractivity contribution < 1.29 is 24.5 Å². The van der Waals surface area contributed by atoms with E-state index in [1.54, 1.807) is 0 Å². The number of nitrogens with zero attached hydrogens (tertiary/aromatic N) is 3. The first kappa shape index (κ1) is 32.4. The van der Waals surface area contributed by atoms with Gasteiger partial charge in [0.15, 0.2) is 0 Å². The van der Waals surface area contributed by atoms with Crippen LogP contribution in [0.3, 0.4) is 0 Å². The van der Waals surface area contributed by atoms with E-state index in [1.165, 1.54) is 22.5 Å². The molecule has 239 valence electrons. The van der Waals surface area contributed by atoms with Crippen LogP contribution in [-0.4, -0.2) is 11.6 Å². The number of hydrogen-bond acceptors (Lipinski definition) is 3. The maximum Gasteiger partial charge on any atom is 0.116 e. The van der Waals surface area contributed by atoms with Gasteiger partial charge in [0.2, 0.25) is 0 Å². The van der Waals surface area contributed by atoms with Gasteiger partial charge in [-0.15, -0.1) is 6.07 Å². The SMILES string of the molecule is CC(C)c1cccc(C(C)C)c1-n1cc[c-]c1-c1[c-]cccc1.CN1[CH-]N(c2[c-]ccc3c2oc2ccccc23)c2ccccc21.[Ir]. The van der Waals surface area contributed by atoms with Crippen molar-refractivity contribution in [2.24, 2.45) is 0 Å². The molecule has 4 nitrogen and oxygen atoms in total. The van der Waals surface area contributed by atoms with Crippen molar-refractivity contribution in [3.05, 3.63) is 151 Å². The Morgan fingerprint density at radius 1 is 0.660 bits per heavy atom. The fourth-order valence-corrected chi connectivity index (χ4v) is 6.36. The van der Waals surface area contributed by atoms with Crippen LogP contribution in [0.15, 0.2) is 120 Å². The Morgan fingerprint density at radius 2 is 1.36 bits per heavy atom. The number of benzene rings is 5. The molecule has 0 spiro atoms. The van der Waals surface area contributed by atoms with Gasteiger partial charge in [0, 0.05) is 48.1 Å². The molecule has 8 rings (SSSR count). The van der Waals surface area contributed by atoms with Gasteiger partial charge < -0.3 is 18.8 Å². The van der Waals surface area contributed by atoms with Crippen molar-refractivity contribution in [2.45, 2.75) is 39.5 Å². The second-order valence-electron chi connectivity index (χ2n) is 12.3. The summed E-state index contributed by atoms with van der Waals surface area (Å²) >= 11 is 0. The summed E-state index contributed by atoms with van der Waals surface area (Å²) < 4.78 is 8.41. The predicted molar refractivity (Wildman–Crippen MR) is 191 cm³/mol. The van der Waals surface area contributed by atoms with Gasteiger partial charge in [0.25, 0.3) is 0 Å². The van der Waals surface area contributed by atoms with Crippen molar-refractivity contribution in [1.82, 2.24) is 4.57 Å². The molecule has 1 aliphatic heterocycles. The molecule has 2 aromatic heterocycles. The normalized spacial score (nSPS) is 12.4. The van der Waals surface area contributed by atoms with Crippen LogP contribution in [0.1, 0.15) is 50.7 Å². The molecule has 0 saturated heterocycles. The smallest absolute Gasteiger partial charge is 0.116 e. The Labute approximate surface area is 291 Å². The maximum atomic E-state index is 6.13. The molecule has 0 bridgehead atoms. The number of para-hydroxylation sites is 4. The van der Waals surface area contributed by atoms with E-state index >= 15 is 0 Å². The molecule has 0 unspecified atom stereocenters.